The van der Waals surface area contributed by atoms with Crippen LogP contribution in [-0.4, -0.2) is 23.5 Å². The summed E-state index contributed by atoms with van der Waals surface area (Å²) in [7, 11) is 0. The number of aryl methyl sites for hydroxylation is 1. The fourth-order valence-corrected chi connectivity index (χ4v) is 1.96. The van der Waals surface area contributed by atoms with Crippen molar-refractivity contribution in [1.29, 1.82) is 0 Å². The molecule has 0 bridgehead atoms. The number of hydrogen-bond donors (Lipinski definition) is 2. The second kappa shape index (κ2) is 6.58. The Bertz CT molecular complexity index is 432. The van der Waals surface area contributed by atoms with Gasteiger partial charge in [0.25, 0.3) is 5.91 Å². The van der Waals surface area contributed by atoms with Crippen LogP contribution in [0, 0.1) is 10.5 Å². The van der Waals surface area contributed by atoms with Gasteiger partial charge < -0.3 is 10.4 Å². The number of carbonyl (C=O) groups excluding carboxylic acids is 1. The normalized spacial score (nSPS) is 10.0. The van der Waals surface area contributed by atoms with Crippen LogP contribution in [0.1, 0.15) is 28.8 Å². The van der Waals surface area contributed by atoms with Crippen LogP contribution in [0.3, 0.4) is 0 Å². The first-order valence-electron chi connectivity index (χ1n) is 5.27. The van der Waals surface area contributed by atoms with Crippen molar-refractivity contribution in [3.05, 3.63) is 32.9 Å². The van der Waals surface area contributed by atoms with Gasteiger partial charge in [-0.3, -0.25) is 9.59 Å². The minimum atomic E-state index is -0.843. The number of rotatable bonds is 5. The number of benzene rings is 1. The van der Waals surface area contributed by atoms with Crippen molar-refractivity contribution in [3.8, 4) is 0 Å². The molecule has 0 aliphatic heterocycles. The van der Waals surface area contributed by atoms with Gasteiger partial charge in [0.05, 0.1) is 5.56 Å². The van der Waals surface area contributed by atoms with E-state index >= 15 is 0 Å². The van der Waals surface area contributed by atoms with E-state index in [9.17, 15) is 9.59 Å². The molecule has 0 fully saturated rings. The standard InChI is InChI=1S/C12H14INO3/c1-8-4-2-5-9(11(8)13)12(17)14-7-3-6-10(15)16/h2,4-5H,3,6-7H2,1H3,(H,14,17)(H,15,16). The van der Waals surface area contributed by atoms with Crippen LogP contribution >= 0.6 is 22.6 Å². The van der Waals surface area contributed by atoms with Crippen molar-refractivity contribution in [2.24, 2.45) is 0 Å². The van der Waals surface area contributed by atoms with E-state index in [-0.39, 0.29) is 12.3 Å². The monoisotopic (exact) mass is 347 g/mol. The quantitative estimate of drug-likeness (QED) is 0.634. The Balaban J connectivity index is 2.53. The van der Waals surface area contributed by atoms with E-state index in [2.05, 4.69) is 27.9 Å². The van der Waals surface area contributed by atoms with Gasteiger partial charge >= 0.3 is 5.97 Å². The number of aliphatic carboxylic acids is 1. The van der Waals surface area contributed by atoms with Crippen LogP contribution in [0.25, 0.3) is 0 Å². The van der Waals surface area contributed by atoms with Crippen LogP contribution in [0.5, 0.6) is 0 Å². The summed E-state index contributed by atoms with van der Waals surface area (Å²) in [6.07, 6.45) is 0.522. The van der Waals surface area contributed by atoms with Crippen molar-refractivity contribution in [3.63, 3.8) is 0 Å². The maximum absolute atomic E-state index is 11.8. The smallest absolute Gasteiger partial charge is 0.303 e. The maximum Gasteiger partial charge on any atom is 0.303 e. The summed E-state index contributed by atoms with van der Waals surface area (Å²) in [5.41, 5.74) is 1.70. The topological polar surface area (TPSA) is 66.4 Å². The molecule has 17 heavy (non-hydrogen) atoms. The number of carboxylic acids is 1. The van der Waals surface area contributed by atoms with Gasteiger partial charge in [-0.05, 0) is 47.6 Å². The Morgan fingerprint density at radius 2 is 2.12 bits per heavy atom. The summed E-state index contributed by atoms with van der Waals surface area (Å²) in [5, 5.41) is 11.2. The lowest BCUT2D eigenvalue weighted by molar-refractivity contribution is -0.137. The molecule has 5 heteroatoms. The summed E-state index contributed by atoms with van der Waals surface area (Å²) in [6.45, 7) is 2.33. The number of nitrogens with one attached hydrogen (secondary N) is 1. The molecule has 4 nitrogen and oxygen atoms in total. The highest BCUT2D eigenvalue weighted by atomic mass is 127. The van der Waals surface area contributed by atoms with Crippen molar-refractivity contribution >= 4 is 34.5 Å². The molecule has 0 atom stereocenters. The van der Waals surface area contributed by atoms with Gasteiger partial charge in [0, 0.05) is 16.5 Å². The van der Waals surface area contributed by atoms with E-state index in [0.29, 0.717) is 18.5 Å². The van der Waals surface area contributed by atoms with Crippen molar-refractivity contribution < 1.29 is 14.7 Å². The Kier molecular flexibility index (Phi) is 5.40. The van der Waals surface area contributed by atoms with E-state index in [1.807, 2.05) is 19.1 Å². The molecule has 0 saturated heterocycles. The molecule has 1 rings (SSSR count). The molecule has 0 aliphatic carbocycles. The van der Waals surface area contributed by atoms with Gasteiger partial charge in [0.1, 0.15) is 0 Å². The Hall–Kier alpha value is -1.11. The third kappa shape index (κ3) is 4.33. The third-order valence-electron chi connectivity index (χ3n) is 2.29. The number of carbonyl (C=O) groups is 2. The molecule has 1 aromatic rings. The fraction of sp³-hybridized carbons (Fsp3) is 0.333. The first-order chi connectivity index (χ1) is 8.02. The average molecular weight is 347 g/mol. The Morgan fingerprint density at radius 3 is 2.76 bits per heavy atom. The second-order valence-electron chi connectivity index (χ2n) is 3.69. The molecule has 0 saturated carbocycles. The summed E-state index contributed by atoms with van der Waals surface area (Å²) in [5.74, 6) is -0.993. The minimum absolute atomic E-state index is 0.0746. The summed E-state index contributed by atoms with van der Waals surface area (Å²) >= 11 is 2.14. The highest BCUT2D eigenvalue weighted by molar-refractivity contribution is 14.1. The molecule has 0 aliphatic rings. The summed E-state index contributed by atoms with van der Waals surface area (Å²) in [6, 6.07) is 5.55. The predicted octanol–water partition coefficient (Wildman–Crippen LogP) is 2.19. The molecule has 1 amide bonds. The lowest BCUT2D eigenvalue weighted by atomic mass is 10.1. The molecule has 0 spiro atoms. The zero-order valence-electron chi connectivity index (χ0n) is 9.50. The van der Waals surface area contributed by atoms with Crippen LogP contribution in [0.15, 0.2) is 18.2 Å². The van der Waals surface area contributed by atoms with Crippen LogP contribution in [0.4, 0.5) is 0 Å². The zero-order valence-corrected chi connectivity index (χ0v) is 11.7. The third-order valence-corrected chi connectivity index (χ3v) is 3.72. The van der Waals surface area contributed by atoms with Gasteiger partial charge in [-0.2, -0.15) is 0 Å². The Labute approximate surface area is 114 Å². The molecule has 0 aromatic heterocycles. The second-order valence-corrected chi connectivity index (χ2v) is 4.77. The minimum Gasteiger partial charge on any atom is -0.481 e. The number of halogens is 1. The molecule has 0 radical (unpaired) electrons. The largest absolute Gasteiger partial charge is 0.481 e. The van der Waals surface area contributed by atoms with Gasteiger partial charge in [0.15, 0.2) is 0 Å². The van der Waals surface area contributed by atoms with E-state index < -0.39 is 5.97 Å². The number of amides is 1. The lowest BCUT2D eigenvalue weighted by Crippen LogP contribution is -2.25. The highest BCUT2D eigenvalue weighted by Gasteiger charge is 2.10. The molecular weight excluding hydrogens is 333 g/mol. The number of hydrogen-bond acceptors (Lipinski definition) is 2. The van der Waals surface area contributed by atoms with Crippen LogP contribution in [-0.2, 0) is 4.79 Å². The summed E-state index contributed by atoms with van der Waals surface area (Å²) in [4.78, 5) is 22.1. The fourth-order valence-electron chi connectivity index (χ4n) is 1.36. The Morgan fingerprint density at radius 1 is 1.41 bits per heavy atom. The van der Waals surface area contributed by atoms with Gasteiger partial charge in [0.2, 0.25) is 0 Å². The first-order valence-corrected chi connectivity index (χ1v) is 6.35. The molecular formula is C12H14INO3. The average Bonchev–Trinajstić information content (AvgIpc) is 2.27. The summed E-state index contributed by atoms with van der Waals surface area (Å²) < 4.78 is 0.931. The molecule has 0 heterocycles. The van der Waals surface area contributed by atoms with E-state index in [0.717, 1.165) is 9.13 Å². The predicted molar refractivity (Wildman–Crippen MR) is 73.1 cm³/mol. The van der Waals surface area contributed by atoms with Crippen LogP contribution < -0.4 is 5.32 Å². The first kappa shape index (κ1) is 14.0. The van der Waals surface area contributed by atoms with Gasteiger partial charge in [-0.25, -0.2) is 0 Å². The van der Waals surface area contributed by atoms with E-state index in [1.54, 1.807) is 6.07 Å². The van der Waals surface area contributed by atoms with Crippen molar-refractivity contribution in [2.75, 3.05) is 6.54 Å². The molecule has 0 unspecified atom stereocenters. The molecule has 1 aromatic carbocycles. The van der Waals surface area contributed by atoms with Gasteiger partial charge in [-0.1, -0.05) is 12.1 Å². The molecule has 2 N–H and O–H groups in total. The highest BCUT2D eigenvalue weighted by Crippen LogP contribution is 2.16. The lowest BCUT2D eigenvalue weighted by Gasteiger charge is -2.07. The van der Waals surface area contributed by atoms with Gasteiger partial charge in [-0.15, -0.1) is 0 Å². The van der Waals surface area contributed by atoms with E-state index in [1.165, 1.54) is 0 Å². The molecule has 92 valence electrons. The number of carboxylic acid groups (broad SMARTS) is 1. The van der Waals surface area contributed by atoms with E-state index in [4.69, 9.17) is 5.11 Å². The zero-order chi connectivity index (χ0) is 12.8. The van der Waals surface area contributed by atoms with Crippen molar-refractivity contribution in [1.82, 2.24) is 5.32 Å². The van der Waals surface area contributed by atoms with Crippen molar-refractivity contribution in [2.45, 2.75) is 19.8 Å². The van der Waals surface area contributed by atoms with Crippen LogP contribution in [0.2, 0.25) is 0 Å². The maximum atomic E-state index is 11.8. The SMILES string of the molecule is Cc1cccc(C(=O)NCCCC(=O)O)c1I.